The fourth-order valence-electron chi connectivity index (χ4n) is 8.32. The van der Waals surface area contributed by atoms with Crippen LogP contribution in [-0.2, 0) is 14.4 Å². The van der Waals surface area contributed by atoms with E-state index in [-0.39, 0.29) is 35.9 Å². The molecule has 3 aromatic carbocycles. The van der Waals surface area contributed by atoms with Gasteiger partial charge in [-0.3, -0.25) is 44.0 Å². The summed E-state index contributed by atoms with van der Waals surface area (Å²) in [6.45, 7) is 5.06. The van der Waals surface area contributed by atoms with Gasteiger partial charge in [-0.1, -0.05) is 30.0 Å². The predicted octanol–water partition coefficient (Wildman–Crippen LogP) is 3.10. The third kappa shape index (κ3) is 7.68. The van der Waals surface area contributed by atoms with Crippen molar-refractivity contribution >= 4 is 46.4 Å². The van der Waals surface area contributed by atoms with Gasteiger partial charge in [0, 0.05) is 56.8 Å². The third-order valence-electron chi connectivity index (χ3n) is 11.6. The molecule has 16 heteroatoms. The zero-order valence-electron chi connectivity index (χ0n) is 32.8. The molecule has 1 unspecified atom stereocenters. The summed E-state index contributed by atoms with van der Waals surface area (Å²) in [5.41, 5.74) is 9.66. The number of nitrogens with two attached hydrogens (primary N) is 1. The molecule has 4 aliphatic rings. The van der Waals surface area contributed by atoms with Gasteiger partial charge >= 0.3 is 0 Å². The molecule has 3 N–H and O–H groups in total. The van der Waals surface area contributed by atoms with Gasteiger partial charge in [0.15, 0.2) is 5.65 Å². The fourth-order valence-corrected chi connectivity index (χ4v) is 8.32. The van der Waals surface area contributed by atoms with E-state index in [0.717, 1.165) is 55.2 Å². The number of piperazine rings is 1. The predicted molar refractivity (Wildman–Crippen MR) is 219 cm³/mol. The first-order chi connectivity index (χ1) is 29.2. The van der Waals surface area contributed by atoms with Gasteiger partial charge in [0.2, 0.25) is 17.7 Å². The molecule has 6 heterocycles. The quantitative estimate of drug-likeness (QED) is 0.173. The molecule has 3 fully saturated rings. The number of likely N-dealkylation sites (tertiary alicyclic amines) is 1. The molecule has 0 bridgehead atoms. The van der Waals surface area contributed by atoms with Crippen LogP contribution in [0.25, 0.3) is 22.3 Å². The number of nitrogens with one attached hydrogen (secondary N) is 1. The zero-order chi connectivity index (χ0) is 41.3. The highest BCUT2D eigenvalue weighted by Gasteiger charge is 2.44. The molecule has 60 heavy (non-hydrogen) atoms. The molecular formula is C44H42N10O6. The fraction of sp³-hybridized carbons (Fsp3) is 0.318. The van der Waals surface area contributed by atoms with Gasteiger partial charge in [-0.15, -0.1) is 0 Å². The molecule has 3 saturated heterocycles. The third-order valence-corrected chi connectivity index (χ3v) is 11.6. The molecule has 9 rings (SSSR count). The number of imide groups is 2. The summed E-state index contributed by atoms with van der Waals surface area (Å²) in [4.78, 5) is 79.7. The molecule has 0 spiro atoms. The van der Waals surface area contributed by atoms with Gasteiger partial charge in [-0.25, -0.2) is 14.6 Å². The van der Waals surface area contributed by atoms with Crippen LogP contribution in [0, 0.1) is 11.8 Å². The Morgan fingerprint density at radius 2 is 1.53 bits per heavy atom. The summed E-state index contributed by atoms with van der Waals surface area (Å²) in [5, 5.41) is 7.94. The van der Waals surface area contributed by atoms with Crippen molar-refractivity contribution in [3.8, 4) is 34.6 Å². The molecule has 2 aromatic heterocycles. The Hall–Kier alpha value is -6.96. The maximum absolute atomic E-state index is 13.5. The molecule has 0 aliphatic carbocycles. The number of aromatic nitrogens is 4. The molecule has 304 valence electrons. The first-order valence-corrected chi connectivity index (χ1v) is 20.1. The number of nitrogen functional groups attached to an aromatic ring is 1. The second-order valence-electron chi connectivity index (χ2n) is 15.4. The highest BCUT2D eigenvalue weighted by atomic mass is 16.5. The standard InChI is InChI=1S/C44H42N10O6/c45-40-38-39(29-9-11-32(12-10-29)60-31-6-2-1-3-7-31)49-54(41(38)47-27-46-40)30-16-19-52(20-17-30)37(56)26-51-23-21-50(22-24-51)18-4-5-28-8-13-33-34(25-28)44(59)53(43(33)58)35-14-15-36(55)48-42(35)57/h1-3,6-13,25,27,30,35H,14-24,26H2,(H2,45,46,47)(H,48,55,57). The number of hydrogen-bond donors (Lipinski definition) is 2. The van der Waals surface area contributed by atoms with Crippen LogP contribution in [0.15, 0.2) is 79.1 Å². The Morgan fingerprint density at radius 1 is 0.817 bits per heavy atom. The monoisotopic (exact) mass is 806 g/mol. The van der Waals surface area contributed by atoms with Gasteiger partial charge in [0.05, 0.1) is 35.6 Å². The SMILES string of the molecule is Nc1ncnc2c1c(-c1ccc(Oc3ccccc3)cc1)nn2C1CCN(C(=O)CN2CCN(CC#Cc3ccc4c(c3)C(=O)N(C3CCC(=O)NC3=O)C4=O)CC2)CC1. The number of anilines is 1. The molecule has 5 aromatic rings. The lowest BCUT2D eigenvalue weighted by molar-refractivity contribution is -0.136. The van der Waals surface area contributed by atoms with E-state index in [4.69, 9.17) is 15.6 Å². The molecule has 0 radical (unpaired) electrons. The van der Waals surface area contributed by atoms with E-state index in [0.29, 0.717) is 60.0 Å². The van der Waals surface area contributed by atoms with Gasteiger partial charge in [-0.05, 0) is 73.9 Å². The van der Waals surface area contributed by atoms with Crippen molar-refractivity contribution in [2.24, 2.45) is 0 Å². The number of fused-ring (bicyclic) bond motifs is 2. The topological polar surface area (TPSA) is 189 Å². The smallest absolute Gasteiger partial charge is 0.262 e. The summed E-state index contributed by atoms with van der Waals surface area (Å²) in [6, 6.07) is 21.2. The lowest BCUT2D eigenvalue weighted by Gasteiger charge is -2.36. The Bertz CT molecular complexity index is 2570. The van der Waals surface area contributed by atoms with Crippen molar-refractivity contribution in [2.75, 3.05) is 58.1 Å². The van der Waals surface area contributed by atoms with Crippen molar-refractivity contribution < 1.29 is 28.7 Å². The van der Waals surface area contributed by atoms with Crippen LogP contribution in [0.3, 0.4) is 0 Å². The summed E-state index contributed by atoms with van der Waals surface area (Å²) in [6.07, 6.45) is 3.09. The van der Waals surface area contributed by atoms with E-state index >= 15 is 0 Å². The zero-order valence-corrected chi connectivity index (χ0v) is 32.8. The van der Waals surface area contributed by atoms with Gasteiger partial charge < -0.3 is 15.4 Å². The van der Waals surface area contributed by atoms with Gasteiger partial charge in [-0.2, -0.15) is 5.10 Å². The maximum atomic E-state index is 13.5. The highest BCUT2D eigenvalue weighted by molar-refractivity contribution is 6.23. The minimum absolute atomic E-state index is 0.0391. The van der Waals surface area contributed by atoms with E-state index in [1.54, 1.807) is 18.2 Å². The van der Waals surface area contributed by atoms with Gasteiger partial charge in [0.1, 0.15) is 35.4 Å². The largest absolute Gasteiger partial charge is 0.457 e. The second kappa shape index (κ2) is 16.4. The average Bonchev–Trinajstić information content (AvgIpc) is 3.77. The maximum Gasteiger partial charge on any atom is 0.262 e. The summed E-state index contributed by atoms with van der Waals surface area (Å²) >= 11 is 0. The highest BCUT2D eigenvalue weighted by Crippen LogP contribution is 2.35. The summed E-state index contributed by atoms with van der Waals surface area (Å²) < 4.78 is 7.93. The van der Waals surface area contributed by atoms with Crippen LogP contribution in [-0.4, -0.2) is 127 Å². The van der Waals surface area contributed by atoms with Crippen molar-refractivity contribution in [3.05, 3.63) is 95.8 Å². The number of amides is 5. The van der Waals surface area contributed by atoms with E-state index in [2.05, 4.69) is 36.9 Å². The second-order valence-corrected chi connectivity index (χ2v) is 15.4. The Labute approximate surface area is 345 Å². The average molecular weight is 807 g/mol. The minimum Gasteiger partial charge on any atom is -0.457 e. The lowest BCUT2D eigenvalue weighted by Crippen LogP contribution is -2.54. The Morgan fingerprint density at radius 3 is 2.28 bits per heavy atom. The number of nitrogens with zero attached hydrogens (tertiary/aromatic N) is 8. The van der Waals surface area contributed by atoms with E-state index in [1.807, 2.05) is 64.2 Å². The summed E-state index contributed by atoms with van der Waals surface area (Å²) in [7, 11) is 0. The number of ether oxygens (including phenoxy) is 1. The first kappa shape index (κ1) is 38.6. The van der Waals surface area contributed by atoms with E-state index in [1.165, 1.54) is 6.33 Å². The van der Waals surface area contributed by atoms with Crippen molar-refractivity contribution in [2.45, 2.75) is 37.8 Å². The number of benzene rings is 3. The number of rotatable bonds is 8. The minimum atomic E-state index is -1.01. The van der Waals surface area contributed by atoms with E-state index < -0.39 is 29.7 Å². The van der Waals surface area contributed by atoms with Crippen molar-refractivity contribution in [3.63, 3.8) is 0 Å². The van der Waals surface area contributed by atoms with E-state index in [9.17, 15) is 24.0 Å². The molecular weight excluding hydrogens is 765 g/mol. The van der Waals surface area contributed by atoms with Gasteiger partial charge in [0.25, 0.3) is 11.8 Å². The number of carbonyl (C=O) groups excluding carboxylic acids is 5. The van der Waals surface area contributed by atoms with Crippen LogP contribution in [0.5, 0.6) is 11.5 Å². The first-order valence-electron chi connectivity index (χ1n) is 20.1. The Kier molecular flexibility index (Phi) is 10.5. The molecule has 5 amide bonds. The number of piperidine rings is 2. The number of para-hydroxylation sites is 1. The van der Waals surface area contributed by atoms with Crippen LogP contribution in [0.4, 0.5) is 5.82 Å². The number of carbonyl (C=O) groups is 5. The van der Waals surface area contributed by atoms with Crippen LogP contribution < -0.4 is 15.8 Å². The van der Waals surface area contributed by atoms with Crippen molar-refractivity contribution in [1.82, 2.24) is 44.7 Å². The van der Waals surface area contributed by atoms with Crippen LogP contribution >= 0.6 is 0 Å². The molecule has 4 aliphatic heterocycles. The van der Waals surface area contributed by atoms with Crippen LogP contribution in [0.2, 0.25) is 0 Å². The van der Waals surface area contributed by atoms with Crippen molar-refractivity contribution in [1.29, 1.82) is 0 Å². The number of hydrogen-bond acceptors (Lipinski definition) is 12. The Balaban J connectivity index is 0.759. The molecule has 0 saturated carbocycles. The lowest BCUT2D eigenvalue weighted by atomic mass is 10.0. The summed E-state index contributed by atoms with van der Waals surface area (Å²) in [5.74, 6) is 6.06. The molecule has 1 atom stereocenters. The van der Waals surface area contributed by atoms with Crippen LogP contribution in [0.1, 0.15) is 58.0 Å². The molecule has 16 nitrogen and oxygen atoms in total. The normalized spacial score (nSPS) is 19.0.